The molecular formula is C28H25N5O4. The molecule has 0 saturated heterocycles. The highest BCUT2D eigenvalue weighted by molar-refractivity contribution is 6.25. The third kappa shape index (κ3) is 4.41. The molecule has 1 aliphatic carbocycles. The Bertz CT molecular complexity index is 1430. The Morgan fingerprint density at radius 2 is 1.78 bits per heavy atom. The van der Waals surface area contributed by atoms with Crippen molar-refractivity contribution >= 4 is 29.1 Å². The summed E-state index contributed by atoms with van der Waals surface area (Å²) in [5.41, 5.74) is 5.77. The van der Waals surface area contributed by atoms with Gasteiger partial charge in [0.05, 0.1) is 23.9 Å². The van der Waals surface area contributed by atoms with Crippen LogP contribution < -0.4 is 20.9 Å². The molecular weight excluding hydrogens is 470 g/mol. The number of imide groups is 1. The minimum atomic E-state index is -0.811. The van der Waals surface area contributed by atoms with Gasteiger partial charge in [0.1, 0.15) is 17.5 Å². The number of urea groups is 1. The van der Waals surface area contributed by atoms with Gasteiger partial charge in [0.15, 0.2) is 5.78 Å². The topological polar surface area (TPSA) is 126 Å². The van der Waals surface area contributed by atoms with Gasteiger partial charge in [0.25, 0.3) is 0 Å². The van der Waals surface area contributed by atoms with E-state index >= 15 is 0 Å². The molecule has 1 aliphatic heterocycles. The SMILES string of the molecule is COc1ccc(C2=C3C(=O)c4c(cccc4N(C(=O)CCCc4ccccc4)C(=O)NN)C3N=N2)cc1. The monoisotopic (exact) mass is 495 g/mol. The standard InChI is InChI=1S/C28H25N5O4/c1-37-19-15-13-18(14-16-19)25-24-26(32-31-25)20-10-6-11-21(23(20)27(24)35)33(28(36)30-29)22(34)12-5-9-17-7-3-2-4-8-17/h2-4,6-8,10-11,13-16,26H,5,9,12,29H2,1H3,(H,30,36). The fraction of sp³-hybridized carbons (Fsp3) is 0.179. The Morgan fingerprint density at radius 1 is 1.03 bits per heavy atom. The Hall–Kier alpha value is -4.63. The molecule has 3 N–H and O–H groups in total. The van der Waals surface area contributed by atoms with Crippen LogP contribution in [0.3, 0.4) is 0 Å². The summed E-state index contributed by atoms with van der Waals surface area (Å²) in [7, 11) is 1.58. The number of aryl methyl sites for hydroxylation is 1. The summed E-state index contributed by atoms with van der Waals surface area (Å²) in [6, 6.07) is 20.6. The van der Waals surface area contributed by atoms with Gasteiger partial charge < -0.3 is 4.74 Å². The number of carbonyl (C=O) groups excluding carboxylic acids is 3. The lowest BCUT2D eigenvalue weighted by atomic mass is 10.0. The van der Waals surface area contributed by atoms with Crippen LogP contribution in [-0.4, -0.2) is 24.8 Å². The molecule has 186 valence electrons. The van der Waals surface area contributed by atoms with Crippen molar-refractivity contribution in [1.29, 1.82) is 0 Å². The first-order valence-corrected chi connectivity index (χ1v) is 11.9. The van der Waals surface area contributed by atoms with Gasteiger partial charge in [-0.15, -0.1) is 0 Å². The molecule has 2 aliphatic rings. The summed E-state index contributed by atoms with van der Waals surface area (Å²) >= 11 is 0. The number of ether oxygens (including phenoxy) is 1. The van der Waals surface area contributed by atoms with Gasteiger partial charge in [0.2, 0.25) is 5.91 Å². The number of azo groups is 1. The van der Waals surface area contributed by atoms with E-state index in [1.807, 2.05) is 47.9 Å². The lowest BCUT2D eigenvalue weighted by Crippen LogP contribution is -2.47. The summed E-state index contributed by atoms with van der Waals surface area (Å²) in [5.74, 6) is 5.33. The predicted octanol–water partition coefficient (Wildman–Crippen LogP) is 4.75. The Labute approximate surface area is 213 Å². The van der Waals surface area contributed by atoms with Crippen molar-refractivity contribution in [3.05, 3.63) is 101 Å². The number of methoxy groups -OCH3 is 1. The predicted molar refractivity (Wildman–Crippen MR) is 138 cm³/mol. The molecule has 1 heterocycles. The quantitative estimate of drug-likeness (QED) is 0.278. The van der Waals surface area contributed by atoms with Crippen LogP contribution in [0.1, 0.15) is 45.9 Å². The van der Waals surface area contributed by atoms with Crippen LogP contribution in [0.2, 0.25) is 0 Å². The maximum atomic E-state index is 13.7. The highest BCUT2D eigenvalue weighted by Crippen LogP contribution is 2.49. The van der Waals surface area contributed by atoms with Crippen LogP contribution >= 0.6 is 0 Å². The number of nitrogens with one attached hydrogen (secondary N) is 1. The van der Waals surface area contributed by atoms with Gasteiger partial charge in [-0.25, -0.2) is 15.5 Å². The van der Waals surface area contributed by atoms with Crippen LogP contribution in [0, 0.1) is 0 Å². The lowest BCUT2D eigenvalue weighted by molar-refractivity contribution is -0.118. The number of hydrazine groups is 1. The van der Waals surface area contributed by atoms with Crippen LogP contribution in [0.15, 0.2) is 88.6 Å². The number of nitrogens with two attached hydrogens (primary N) is 1. The third-order valence-corrected chi connectivity index (χ3v) is 6.52. The van der Waals surface area contributed by atoms with Crippen molar-refractivity contribution in [2.24, 2.45) is 16.1 Å². The average Bonchev–Trinajstić information content (AvgIpc) is 3.49. The van der Waals surface area contributed by atoms with Crippen molar-refractivity contribution in [3.63, 3.8) is 0 Å². The molecule has 0 saturated carbocycles. The van der Waals surface area contributed by atoms with E-state index in [0.29, 0.717) is 35.4 Å². The molecule has 0 spiro atoms. The van der Waals surface area contributed by atoms with Gasteiger partial charge in [-0.3, -0.25) is 15.0 Å². The van der Waals surface area contributed by atoms with Gasteiger partial charge in [-0.2, -0.15) is 10.2 Å². The number of nitrogens with zero attached hydrogens (tertiary/aromatic N) is 3. The minimum Gasteiger partial charge on any atom is -0.497 e. The van der Waals surface area contributed by atoms with Gasteiger partial charge in [0, 0.05) is 12.0 Å². The molecule has 9 heteroatoms. The first-order chi connectivity index (χ1) is 18.0. The fourth-order valence-corrected chi connectivity index (χ4v) is 4.74. The molecule has 0 aromatic heterocycles. The lowest BCUT2D eigenvalue weighted by Gasteiger charge is -2.22. The maximum absolute atomic E-state index is 13.7. The van der Waals surface area contributed by atoms with Gasteiger partial charge in [-0.1, -0.05) is 42.5 Å². The van der Waals surface area contributed by atoms with E-state index in [-0.39, 0.29) is 23.5 Å². The summed E-state index contributed by atoms with van der Waals surface area (Å²) in [6.07, 6.45) is 1.31. The molecule has 37 heavy (non-hydrogen) atoms. The number of Topliss-reactive ketones (excluding diaryl/α,β-unsaturated/α-hetero) is 1. The number of anilines is 1. The van der Waals surface area contributed by atoms with Crippen molar-refractivity contribution < 1.29 is 19.1 Å². The zero-order valence-corrected chi connectivity index (χ0v) is 20.2. The zero-order chi connectivity index (χ0) is 25.9. The molecule has 3 aromatic rings. The molecule has 0 bridgehead atoms. The highest BCUT2D eigenvalue weighted by Gasteiger charge is 2.44. The molecule has 3 aromatic carbocycles. The number of ketones is 1. The van der Waals surface area contributed by atoms with E-state index in [1.165, 1.54) is 0 Å². The number of hydrogen-bond acceptors (Lipinski definition) is 7. The second-order valence-electron chi connectivity index (χ2n) is 8.70. The summed E-state index contributed by atoms with van der Waals surface area (Å²) in [6.45, 7) is 0. The Kier molecular flexibility index (Phi) is 6.61. The smallest absolute Gasteiger partial charge is 0.342 e. The van der Waals surface area contributed by atoms with E-state index < -0.39 is 18.0 Å². The highest BCUT2D eigenvalue weighted by atomic mass is 16.5. The number of rotatable bonds is 7. The fourth-order valence-electron chi connectivity index (χ4n) is 4.74. The zero-order valence-electron chi connectivity index (χ0n) is 20.2. The van der Waals surface area contributed by atoms with Crippen LogP contribution in [0.5, 0.6) is 5.75 Å². The molecule has 9 nitrogen and oxygen atoms in total. The molecule has 1 atom stereocenters. The second-order valence-corrected chi connectivity index (χ2v) is 8.70. The van der Waals surface area contributed by atoms with E-state index in [4.69, 9.17) is 10.6 Å². The molecule has 0 radical (unpaired) electrons. The van der Waals surface area contributed by atoms with Crippen LogP contribution in [0.25, 0.3) is 5.70 Å². The molecule has 0 fully saturated rings. The normalized spacial score (nSPS) is 15.4. The maximum Gasteiger partial charge on any atom is 0.342 e. The minimum absolute atomic E-state index is 0.100. The Balaban J connectivity index is 1.47. The Morgan fingerprint density at radius 3 is 2.49 bits per heavy atom. The summed E-state index contributed by atoms with van der Waals surface area (Å²) < 4.78 is 5.22. The number of hydrogen-bond donors (Lipinski definition) is 2. The van der Waals surface area contributed by atoms with E-state index in [0.717, 1.165) is 16.0 Å². The average molecular weight is 496 g/mol. The van der Waals surface area contributed by atoms with Gasteiger partial charge >= 0.3 is 6.03 Å². The number of amides is 3. The van der Waals surface area contributed by atoms with Crippen molar-refractivity contribution in [2.75, 3.05) is 12.0 Å². The van der Waals surface area contributed by atoms with E-state index in [9.17, 15) is 14.4 Å². The van der Waals surface area contributed by atoms with Gasteiger partial charge in [-0.05, 0) is 54.3 Å². The first kappa shape index (κ1) is 24.1. The van der Waals surface area contributed by atoms with Crippen molar-refractivity contribution in [1.82, 2.24) is 5.43 Å². The molecule has 3 amide bonds. The van der Waals surface area contributed by atoms with Crippen LogP contribution in [0.4, 0.5) is 10.5 Å². The number of benzene rings is 3. The van der Waals surface area contributed by atoms with Crippen LogP contribution in [-0.2, 0) is 11.2 Å². The van der Waals surface area contributed by atoms with Crippen molar-refractivity contribution in [3.8, 4) is 5.75 Å². The van der Waals surface area contributed by atoms with E-state index in [2.05, 4.69) is 10.2 Å². The largest absolute Gasteiger partial charge is 0.497 e. The molecule has 5 rings (SSSR count). The second kappa shape index (κ2) is 10.2. The summed E-state index contributed by atoms with van der Waals surface area (Å²) in [4.78, 5) is 40.7. The number of carbonyl (C=O) groups is 3. The first-order valence-electron chi connectivity index (χ1n) is 11.9. The van der Waals surface area contributed by atoms with Crippen molar-refractivity contribution in [2.45, 2.75) is 25.3 Å². The van der Waals surface area contributed by atoms with E-state index in [1.54, 1.807) is 37.4 Å². The number of fused-ring (bicyclic) bond motifs is 3. The third-order valence-electron chi connectivity index (χ3n) is 6.52. The molecule has 1 unspecified atom stereocenters. The summed E-state index contributed by atoms with van der Waals surface area (Å²) in [5, 5.41) is 8.64.